The van der Waals surface area contributed by atoms with Crippen molar-refractivity contribution in [2.75, 3.05) is 0 Å². The van der Waals surface area contributed by atoms with Crippen molar-refractivity contribution in [1.82, 2.24) is 9.78 Å². The molecule has 0 amide bonds. The third kappa shape index (κ3) is 3.35. The molecule has 0 saturated carbocycles. The van der Waals surface area contributed by atoms with Gasteiger partial charge in [0, 0.05) is 18.9 Å². The summed E-state index contributed by atoms with van der Waals surface area (Å²) in [7, 11) is 1.96. The van der Waals surface area contributed by atoms with Gasteiger partial charge in [0.2, 0.25) is 0 Å². The molecule has 0 saturated heterocycles. The molecule has 0 aliphatic carbocycles. The molecule has 0 radical (unpaired) electrons. The van der Waals surface area contributed by atoms with Gasteiger partial charge in [-0.25, -0.2) is 0 Å². The fourth-order valence-electron chi connectivity index (χ4n) is 2.62. The fourth-order valence-corrected chi connectivity index (χ4v) is 2.62. The minimum atomic E-state index is -0.660. The third-order valence-electron chi connectivity index (χ3n) is 3.70. The van der Waals surface area contributed by atoms with Crippen molar-refractivity contribution in [3.05, 3.63) is 30.0 Å². The monoisotopic (exact) mass is 260 g/mol. The molecule has 1 aromatic carbocycles. The van der Waals surface area contributed by atoms with Gasteiger partial charge < -0.3 is 5.11 Å². The zero-order valence-electron chi connectivity index (χ0n) is 12.2. The Kier molecular flexibility index (Phi) is 4.25. The predicted octanol–water partition coefficient (Wildman–Crippen LogP) is 3.45. The largest absolute Gasteiger partial charge is 0.390 e. The summed E-state index contributed by atoms with van der Waals surface area (Å²) in [6.07, 6.45) is 4.90. The molecule has 1 atom stereocenters. The Balaban J connectivity index is 2.16. The van der Waals surface area contributed by atoms with Crippen LogP contribution in [-0.2, 0) is 13.5 Å². The molecule has 3 heteroatoms. The van der Waals surface area contributed by atoms with Gasteiger partial charge >= 0.3 is 0 Å². The summed E-state index contributed by atoms with van der Waals surface area (Å²) in [6, 6.07) is 8.20. The highest BCUT2D eigenvalue weighted by atomic mass is 16.3. The SMILES string of the molecule is CCCCCC(C)(O)Cc1nn(C)c2ccccc12. The molecular formula is C16H24N2O. The normalized spacial score (nSPS) is 14.7. The standard InChI is InChI=1S/C16H24N2O/c1-4-5-8-11-16(2,19)12-14-13-9-6-7-10-15(13)18(3)17-14/h6-7,9-10,19H,4-5,8,11-12H2,1-3H3. The number of aromatic nitrogens is 2. The van der Waals surface area contributed by atoms with Gasteiger partial charge in [0.05, 0.1) is 16.8 Å². The summed E-state index contributed by atoms with van der Waals surface area (Å²) in [5.41, 5.74) is 1.47. The van der Waals surface area contributed by atoms with Crippen LogP contribution in [0.3, 0.4) is 0 Å². The van der Waals surface area contributed by atoms with E-state index in [-0.39, 0.29) is 0 Å². The Bertz CT molecular complexity index is 543. The Morgan fingerprint density at radius 3 is 2.74 bits per heavy atom. The molecule has 19 heavy (non-hydrogen) atoms. The van der Waals surface area contributed by atoms with E-state index in [2.05, 4.69) is 24.2 Å². The Labute approximate surface area is 115 Å². The van der Waals surface area contributed by atoms with Gasteiger partial charge in [-0.3, -0.25) is 4.68 Å². The summed E-state index contributed by atoms with van der Waals surface area (Å²) in [4.78, 5) is 0. The lowest BCUT2D eigenvalue weighted by Gasteiger charge is -2.22. The van der Waals surface area contributed by atoms with Crippen LogP contribution in [0.4, 0.5) is 0 Å². The first-order chi connectivity index (χ1) is 9.03. The summed E-state index contributed by atoms with van der Waals surface area (Å²) >= 11 is 0. The highest BCUT2D eigenvalue weighted by Gasteiger charge is 2.23. The summed E-state index contributed by atoms with van der Waals surface area (Å²) in [5, 5.41) is 16.2. The lowest BCUT2D eigenvalue weighted by Crippen LogP contribution is -2.27. The van der Waals surface area contributed by atoms with Crippen molar-refractivity contribution in [1.29, 1.82) is 0 Å². The van der Waals surface area contributed by atoms with Gasteiger partial charge in [-0.1, -0.05) is 44.4 Å². The van der Waals surface area contributed by atoms with Crippen LogP contribution < -0.4 is 0 Å². The van der Waals surface area contributed by atoms with Crippen LogP contribution in [0, 0.1) is 0 Å². The average Bonchev–Trinajstić information content (AvgIpc) is 2.67. The lowest BCUT2D eigenvalue weighted by molar-refractivity contribution is 0.0478. The minimum Gasteiger partial charge on any atom is -0.390 e. The Hall–Kier alpha value is -1.35. The second-order valence-corrected chi connectivity index (χ2v) is 5.72. The fraction of sp³-hybridized carbons (Fsp3) is 0.562. The van der Waals surface area contributed by atoms with Crippen LogP contribution in [0.15, 0.2) is 24.3 Å². The molecule has 1 N–H and O–H groups in total. The summed E-state index contributed by atoms with van der Waals surface area (Å²) in [5.74, 6) is 0. The quantitative estimate of drug-likeness (QED) is 0.808. The van der Waals surface area contributed by atoms with Gasteiger partial charge in [-0.15, -0.1) is 0 Å². The molecule has 2 aromatic rings. The molecule has 0 spiro atoms. The first kappa shape index (κ1) is 14.1. The van der Waals surface area contributed by atoms with E-state index in [9.17, 15) is 5.11 Å². The highest BCUT2D eigenvalue weighted by molar-refractivity contribution is 5.81. The molecule has 0 aliphatic heterocycles. The smallest absolute Gasteiger partial charge is 0.0731 e. The third-order valence-corrected chi connectivity index (χ3v) is 3.70. The second-order valence-electron chi connectivity index (χ2n) is 5.72. The van der Waals surface area contributed by atoms with E-state index >= 15 is 0 Å². The first-order valence-corrected chi connectivity index (χ1v) is 7.16. The zero-order chi connectivity index (χ0) is 13.9. The van der Waals surface area contributed by atoms with Gasteiger partial charge in [0.1, 0.15) is 0 Å². The second kappa shape index (κ2) is 5.74. The summed E-state index contributed by atoms with van der Waals surface area (Å²) in [6.45, 7) is 4.10. The number of unbranched alkanes of at least 4 members (excludes halogenated alkanes) is 2. The zero-order valence-corrected chi connectivity index (χ0v) is 12.2. The molecule has 104 valence electrons. The Morgan fingerprint density at radius 1 is 1.26 bits per heavy atom. The number of hydrogen-bond acceptors (Lipinski definition) is 2. The van der Waals surface area contributed by atoms with E-state index < -0.39 is 5.60 Å². The van der Waals surface area contributed by atoms with E-state index in [1.165, 1.54) is 12.8 Å². The number of rotatable bonds is 6. The van der Waals surface area contributed by atoms with Crippen LogP contribution in [-0.4, -0.2) is 20.5 Å². The molecule has 0 fully saturated rings. The van der Waals surface area contributed by atoms with E-state index in [4.69, 9.17) is 0 Å². The minimum absolute atomic E-state index is 0.623. The van der Waals surface area contributed by atoms with Gasteiger partial charge in [-0.2, -0.15) is 5.10 Å². The number of para-hydroxylation sites is 1. The van der Waals surface area contributed by atoms with E-state index in [1.807, 2.05) is 30.8 Å². The van der Waals surface area contributed by atoms with E-state index in [0.717, 1.165) is 29.4 Å². The van der Waals surface area contributed by atoms with E-state index in [0.29, 0.717) is 6.42 Å². The number of fused-ring (bicyclic) bond motifs is 1. The van der Waals surface area contributed by atoms with Gasteiger partial charge in [-0.05, 0) is 19.4 Å². The molecule has 2 rings (SSSR count). The van der Waals surface area contributed by atoms with Crippen molar-refractivity contribution in [3.63, 3.8) is 0 Å². The van der Waals surface area contributed by atoms with Crippen LogP contribution in [0.5, 0.6) is 0 Å². The van der Waals surface area contributed by atoms with Crippen LogP contribution in [0.25, 0.3) is 10.9 Å². The van der Waals surface area contributed by atoms with Crippen molar-refractivity contribution in [3.8, 4) is 0 Å². The molecular weight excluding hydrogens is 236 g/mol. The number of hydrogen-bond donors (Lipinski definition) is 1. The topological polar surface area (TPSA) is 38.1 Å². The van der Waals surface area contributed by atoms with Crippen molar-refractivity contribution in [2.45, 2.75) is 51.6 Å². The van der Waals surface area contributed by atoms with Crippen LogP contribution >= 0.6 is 0 Å². The number of aryl methyl sites for hydroxylation is 1. The van der Waals surface area contributed by atoms with Gasteiger partial charge in [0.15, 0.2) is 0 Å². The lowest BCUT2D eigenvalue weighted by atomic mass is 9.92. The number of benzene rings is 1. The van der Waals surface area contributed by atoms with E-state index in [1.54, 1.807) is 0 Å². The Morgan fingerprint density at radius 2 is 2.00 bits per heavy atom. The number of aliphatic hydroxyl groups is 1. The highest BCUT2D eigenvalue weighted by Crippen LogP contribution is 2.24. The molecule has 1 unspecified atom stereocenters. The average molecular weight is 260 g/mol. The van der Waals surface area contributed by atoms with Crippen molar-refractivity contribution < 1.29 is 5.11 Å². The molecule has 3 nitrogen and oxygen atoms in total. The van der Waals surface area contributed by atoms with Crippen LogP contribution in [0.1, 0.15) is 45.2 Å². The molecule has 1 heterocycles. The van der Waals surface area contributed by atoms with Crippen LogP contribution in [0.2, 0.25) is 0 Å². The van der Waals surface area contributed by atoms with Gasteiger partial charge in [0.25, 0.3) is 0 Å². The number of nitrogens with zero attached hydrogens (tertiary/aromatic N) is 2. The molecule has 0 bridgehead atoms. The summed E-state index contributed by atoms with van der Waals surface area (Å²) < 4.78 is 1.90. The first-order valence-electron chi connectivity index (χ1n) is 7.16. The molecule has 0 aliphatic rings. The predicted molar refractivity (Wildman–Crippen MR) is 79.2 cm³/mol. The maximum Gasteiger partial charge on any atom is 0.0731 e. The molecule has 1 aromatic heterocycles. The maximum atomic E-state index is 10.5. The van der Waals surface area contributed by atoms with Crippen molar-refractivity contribution in [2.24, 2.45) is 7.05 Å². The maximum absolute atomic E-state index is 10.5. The van der Waals surface area contributed by atoms with Crippen molar-refractivity contribution >= 4 is 10.9 Å².